The Bertz CT molecular complexity index is 861. The predicted molar refractivity (Wildman–Crippen MR) is 74.9 cm³/mol. The lowest BCUT2D eigenvalue weighted by molar-refractivity contribution is -0.144. The Kier molecular flexibility index (Phi) is 3.01. The van der Waals surface area contributed by atoms with E-state index in [0.29, 0.717) is 11.2 Å². The maximum Gasteiger partial charge on any atom is 0.327 e. The monoisotopic (exact) mass is 292 g/mol. The summed E-state index contributed by atoms with van der Waals surface area (Å²) in [6, 6.07) is 0. The first kappa shape index (κ1) is 12.8. The Morgan fingerprint density at radius 3 is 3.10 bits per heavy atom. The van der Waals surface area contributed by atoms with Crippen LogP contribution in [0.1, 0.15) is 11.9 Å². The Labute approximate surface area is 117 Å². The minimum Gasteiger partial charge on any atom is -0.465 e. The van der Waals surface area contributed by atoms with Crippen molar-refractivity contribution in [2.75, 3.05) is 6.61 Å². The van der Waals surface area contributed by atoms with Gasteiger partial charge in [0.05, 0.1) is 22.5 Å². The lowest BCUT2D eigenvalue weighted by Crippen LogP contribution is -2.27. The molecule has 0 unspecified atom stereocenters. The topological polar surface area (TPSA) is 89.9 Å². The Hall–Kier alpha value is -2.22. The molecule has 7 nitrogen and oxygen atoms in total. The number of aromatic nitrogens is 4. The van der Waals surface area contributed by atoms with Crippen molar-refractivity contribution in [3.8, 4) is 0 Å². The maximum atomic E-state index is 12.3. The van der Waals surface area contributed by atoms with Crippen LogP contribution in [-0.2, 0) is 16.1 Å². The highest BCUT2D eigenvalue weighted by atomic mass is 32.1. The number of hydrogen-bond acceptors (Lipinski definition) is 6. The van der Waals surface area contributed by atoms with Gasteiger partial charge in [-0.3, -0.25) is 9.59 Å². The van der Waals surface area contributed by atoms with E-state index in [0.717, 1.165) is 19.8 Å². The minimum absolute atomic E-state index is 0.193. The molecule has 0 radical (unpaired) electrons. The zero-order chi connectivity index (χ0) is 14.3. The molecule has 1 N–H and O–H groups in total. The first-order valence-electron chi connectivity index (χ1n) is 6.10. The van der Waals surface area contributed by atoms with Crippen molar-refractivity contribution in [2.24, 2.45) is 0 Å². The summed E-state index contributed by atoms with van der Waals surface area (Å²) in [5.41, 5.74) is 0.742. The number of nitrogens with zero attached hydrogens (tertiary/aromatic N) is 3. The number of nitrogens with one attached hydrogen (secondary N) is 1. The average molecular weight is 292 g/mol. The van der Waals surface area contributed by atoms with Crippen LogP contribution in [0.25, 0.3) is 21.3 Å². The van der Waals surface area contributed by atoms with Crippen LogP contribution in [0.5, 0.6) is 0 Å². The van der Waals surface area contributed by atoms with E-state index < -0.39 is 5.97 Å². The second-order valence-electron chi connectivity index (χ2n) is 4.24. The molecular formula is C12H12N4O3S. The number of hydrogen-bond donors (Lipinski definition) is 1. The smallest absolute Gasteiger partial charge is 0.327 e. The lowest BCUT2D eigenvalue weighted by atomic mass is 10.3. The molecule has 0 saturated heterocycles. The number of aromatic amines is 1. The zero-order valence-corrected chi connectivity index (χ0v) is 11.8. The fourth-order valence-corrected chi connectivity index (χ4v) is 2.93. The zero-order valence-electron chi connectivity index (χ0n) is 11.0. The average Bonchev–Trinajstić information content (AvgIpc) is 2.90. The fourth-order valence-electron chi connectivity index (χ4n) is 2.04. The molecule has 0 amide bonds. The van der Waals surface area contributed by atoms with Gasteiger partial charge in [-0.1, -0.05) is 0 Å². The van der Waals surface area contributed by atoms with Gasteiger partial charge >= 0.3 is 5.97 Å². The number of H-pyrrole nitrogens is 1. The summed E-state index contributed by atoms with van der Waals surface area (Å²) in [5.74, 6) is -0.483. The van der Waals surface area contributed by atoms with Crippen LogP contribution >= 0.6 is 11.3 Å². The van der Waals surface area contributed by atoms with Gasteiger partial charge in [0, 0.05) is 5.39 Å². The highest BCUT2D eigenvalue weighted by Crippen LogP contribution is 2.27. The van der Waals surface area contributed by atoms with Gasteiger partial charge in [0.15, 0.2) is 0 Å². The van der Waals surface area contributed by atoms with Crippen molar-refractivity contribution in [2.45, 2.75) is 20.4 Å². The summed E-state index contributed by atoms with van der Waals surface area (Å²) < 4.78 is 6.81. The molecule has 8 heteroatoms. The van der Waals surface area contributed by atoms with Crippen LogP contribution in [0.4, 0.5) is 0 Å². The summed E-state index contributed by atoms with van der Waals surface area (Å²) in [7, 11) is 0. The summed E-state index contributed by atoms with van der Waals surface area (Å²) in [6.07, 6.45) is 1.58. The molecular weight excluding hydrogens is 280 g/mol. The number of fused-ring (bicyclic) bond motifs is 3. The number of aryl methyl sites for hydroxylation is 1. The van der Waals surface area contributed by atoms with Crippen LogP contribution in [-0.4, -0.2) is 32.3 Å². The van der Waals surface area contributed by atoms with Crippen LogP contribution in [0.15, 0.2) is 11.0 Å². The molecule has 104 valence electrons. The first-order valence-corrected chi connectivity index (χ1v) is 6.92. The summed E-state index contributed by atoms with van der Waals surface area (Å²) >= 11 is 1.50. The molecule has 0 aliphatic carbocycles. The Morgan fingerprint density at radius 1 is 1.55 bits per heavy atom. The number of thiazole rings is 1. The first-order chi connectivity index (χ1) is 9.60. The van der Waals surface area contributed by atoms with E-state index in [9.17, 15) is 9.59 Å². The Balaban J connectivity index is 2.11. The van der Waals surface area contributed by atoms with Gasteiger partial charge in [-0.05, 0) is 13.8 Å². The fraction of sp³-hybridized carbons (Fsp3) is 0.333. The normalized spacial score (nSPS) is 11.3. The van der Waals surface area contributed by atoms with Gasteiger partial charge < -0.3 is 9.72 Å². The maximum absolute atomic E-state index is 12.3. The van der Waals surface area contributed by atoms with Crippen molar-refractivity contribution in [1.29, 1.82) is 0 Å². The third kappa shape index (κ3) is 1.97. The Morgan fingerprint density at radius 2 is 2.35 bits per heavy atom. The van der Waals surface area contributed by atoms with E-state index in [-0.39, 0.29) is 18.7 Å². The highest BCUT2D eigenvalue weighted by Gasteiger charge is 2.15. The number of rotatable bonds is 3. The van der Waals surface area contributed by atoms with E-state index in [1.54, 1.807) is 13.1 Å². The number of carbonyl (C=O) groups excluding carboxylic acids is 1. The molecule has 3 aromatic heterocycles. The SMILES string of the molecule is CCOC(=O)Cn1ncc2c([nH]c3nc(C)sc32)c1=O. The minimum atomic E-state index is -0.483. The van der Waals surface area contributed by atoms with E-state index >= 15 is 0 Å². The third-order valence-electron chi connectivity index (χ3n) is 2.85. The molecule has 3 rings (SSSR count). The van der Waals surface area contributed by atoms with E-state index in [4.69, 9.17) is 4.74 Å². The molecule has 0 atom stereocenters. The van der Waals surface area contributed by atoms with Gasteiger partial charge in [-0.15, -0.1) is 11.3 Å². The molecule has 0 bridgehead atoms. The van der Waals surface area contributed by atoms with E-state index in [1.165, 1.54) is 11.3 Å². The molecule has 3 heterocycles. The number of esters is 1. The van der Waals surface area contributed by atoms with Crippen molar-refractivity contribution in [3.63, 3.8) is 0 Å². The second-order valence-corrected chi connectivity index (χ2v) is 5.44. The molecule has 20 heavy (non-hydrogen) atoms. The predicted octanol–water partition coefficient (Wildman–Crippen LogP) is 1.21. The summed E-state index contributed by atoms with van der Waals surface area (Å²) in [5, 5.41) is 5.67. The lowest BCUT2D eigenvalue weighted by Gasteiger charge is -2.03. The van der Waals surface area contributed by atoms with Gasteiger partial charge in [0.1, 0.15) is 17.7 Å². The van der Waals surface area contributed by atoms with Crippen molar-refractivity contribution < 1.29 is 9.53 Å². The largest absolute Gasteiger partial charge is 0.465 e. The van der Waals surface area contributed by atoms with Crippen molar-refractivity contribution >= 4 is 38.6 Å². The van der Waals surface area contributed by atoms with Crippen LogP contribution in [0.3, 0.4) is 0 Å². The van der Waals surface area contributed by atoms with Gasteiger partial charge in [-0.25, -0.2) is 9.67 Å². The number of ether oxygens (including phenoxy) is 1. The van der Waals surface area contributed by atoms with Crippen LogP contribution < -0.4 is 5.56 Å². The molecule has 0 aromatic carbocycles. The van der Waals surface area contributed by atoms with Crippen molar-refractivity contribution in [1.82, 2.24) is 19.7 Å². The quantitative estimate of drug-likeness (QED) is 0.733. The standard InChI is InChI=1S/C12H12N4O3S/c1-3-19-8(17)5-16-12(18)9-7(4-13-16)10-11(15-9)14-6(2)20-10/h4,15H,3,5H2,1-2H3. The molecule has 0 aliphatic heterocycles. The van der Waals surface area contributed by atoms with E-state index in [2.05, 4.69) is 15.1 Å². The van der Waals surface area contributed by atoms with Gasteiger partial charge in [-0.2, -0.15) is 5.10 Å². The molecule has 0 spiro atoms. The summed E-state index contributed by atoms with van der Waals surface area (Å²) in [4.78, 5) is 31.0. The highest BCUT2D eigenvalue weighted by molar-refractivity contribution is 7.19. The van der Waals surface area contributed by atoms with Gasteiger partial charge in [0.25, 0.3) is 5.56 Å². The van der Waals surface area contributed by atoms with Crippen LogP contribution in [0.2, 0.25) is 0 Å². The molecule has 0 fully saturated rings. The van der Waals surface area contributed by atoms with Crippen molar-refractivity contribution in [3.05, 3.63) is 21.6 Å². The van der Waals surface area contributed by atoms with E-state index in [1.807, 2.05) is 6.92 Å². The molecule has 0 aliphatic rings. The summed E-state index contributed by atoms with van der Waals surface area (Å²) in [6.45, 7) is 3.70. The van der Waals surface area contributed by atoms with Gasteiger partial charge in [0.2, 0.25) is 0 Å². The molecule has 0 saturated carbocycles. The number of carbonyl (C=O) groups is 1. The second kappa shape index (κ2) is 4.71. The third-order valence-corrected chi connectivity index (χ3v) is 3.85. The van der Waals surface area contributed by atoms with Crippen LogP contribution in [0, 0.1) is 6.92 Å². The molecule has 3 aromatic rings.